The molecule has 0 saturated carbocycles. The minimum atomic E-state index is 0.0157. The quantitative estimate of drug-likeness (QED) is 0.945. The number of amides is 1. The molecular weight excluding hydrogens is 274 g/mol. The molecule has 1 aliphatic carbocycles. The molecule has 0 spiro atoms. The van der Waals surface area contributed by atoms with Crippen LogP contribution in [-0.4, -0.2) is 19.6 Å². The summed E-state index contributed by atoms with van der Waals surface area (Å²) in [4.78, 5) is 11.3. The Morgan fingerprint density at radius 2 is 1.95 bits per heavy atom. The lowest BCUT2D eigenvalue weighted by Crippen LogP contribution is -2.27. The number of carbonyl (C=O) groups is 1. The van der Waals surface area contributed by atoms with Crippen molar-refractivity contribution in [1.82, 2.24) is 5.32 Å². The van der Waals surface area contributed by atoms with E-state index >= 15 is 0 Å². The lowest BCUT2D eigenvalue weighted by molar-refractivity contribution is -0.119. The van der Waals surface area contributed by atoms with Crippen LogP contribution in [0.4, 0.5) is 0 Å². The highest BCUT2D eigenvalue weighted by Crippen LogP contribution is 2.33. The van der Waals surface area contributed by atoms with Crippen molar-refractivity contribution in [2.24, 2.45) is 0 Å². The smallest absolute Gasteiger partial charge is 0.216 e. The Kier molecular flexibility index (Phi) is 4.14. The van der Waals surface area contributed by atoms with Crippen LogP contribution in [0, 0.1) is 0 Å². The zero-order valence-electron chi connectivity index (χ0n) is 13.1. The van der Waals surface area contributed by atoms with E-state index in [2.05, 4.69) is 41.7 Å². The Morgan fingerprint density at radius 1 is 1.18 bits per heavy atom. The van der Waals surface area contributed by atoms with Crippen molar-refractivity contribution in [2.75, 3.05) is 13.7 Å². The molecule has 0 unspecified atom stereocenters. The van der Waals surface area contributed by atoms with E-state index in [4.69, 9.17) is 4.74 Å². The van der Waals surface area contributed by atoms with Crippen molar-refractivity contribution < 1.29 is 9.53 Å². The van der Waals surface area contributed by atoms with Gasteiger partial charge in [-0.3, -0.25) is 4.79 Å². The number of ether oxygens (including phenoxy) is 1. The van der Waals surface area contributed by atoms with Gasteiger partial charge < -0.3 is 10.1 Å². The fourth-order valence-electron chi connectivity index (χ4n) is 3.20. The standard InChI is InChI=1S/C19H21NO2/c1-13(21)20-12-17-10-15-6-4-3-5-14(15)9-16-7-8-18(22-2)11-19(16)17/h3-8,11,17H,9-10,12H2,1-2H3,(H,20,21)/t17-/m1/s1. The summed E-state index contributed by atoms with van der Waals surface area (Å²) in [5.41, 5.74) is 5.35. The fourth-order valence-corrected chi connectivity index (χ4v) is 3.20. The van der Waals surface area contributed by atoms with Crippen molar-refractivity contribution in [2.45, 2.75) is 25.7 Å². The van der Waals surface area contributed by atoms with Crippen LogP contribution in [0.5, 0.6) is 5.75 Å². The maximum atomic E-state index is 11.3. The molecule has 0 saturated heterocycles. The molecule has 3 nitrogen and oxygen atoms in total. The number of rotatable bonds is 3. The van der Waals surface area contributed by atoms with Crippen LogP contribution in [0.2, 0.25) is 0 Å². The monoisotopic (exact) mass is 295 g/mol. The van der Waals surface area contributed by atoms with Crippen molar-refractivity contribution in [3.8, 4) is 5.75 Å². The van der Waals surface area contributed by atoms with Gasteiger partial charge in [0, 0.05) is 19.4 Å². The van der Waals surface area contributed by atoms with Gasteiger partial charge in [0.15, 0.2) is 0 Å². The molecule has 0 aliphatic heterocycles. The first-order valence-electron chi connectivity index (χ1n) is 7.65. The molecule has 1 aliphatic rings. The molecule has 1 amide bonds. The predicted octanol–water partition coefficient (Wildman–Crippen LogP) is 3.06. The van der Waals surface area contributed by atoms with Crippen molar-refractivity contribution in [3.63, 3.8) is 0 Å². The summed E-state index contributed by atoms with van der Waals surface area (Å²) in [6, 6.07) is 14.9. The van der Waals surface area contributed by atoms with E-state index in [1.54, 1.807) is 14.0 Å². The lowest BCUT2D eigenvalue weighted by atomic mass is 9.91. The summed E-state index contributed by atoms with van der Waals surface area (Å²) in [5, 5.41) is 2.97. The van der Waals surface area contributed by atoms with E-state index in [0.717, 1.165) is 18.6 Å². The van der Waals surface area contributed by atoms with Gasteiger partial charge in [0.2, 0.25) is 5.91 Å². The Morgan fingerprint density at radius 3 is 2.68 bits per heavy atom. The van der Waals surface area contributed by atoms with Crippen LogP contribution in [0.25, 0.3) is 0 Å². The van der Waals surface area contributed by atoms with Crippen molar-refractivity contribution in [3.05, 3.63) is 64.7 Å². The van der Waals surface area contributed by atoms with Crippen LogP contribution in [0.1, 0.15) is 35.1 Å². The third kappa shape index (κ3) is 2.98. The molecular formula is C19H21NO2. The highest BCUT2D eigenvalue weighted by Gasteiger charge is 2.22. The molecule has 2 aromatic rings. The number of carbonyl (C=O) groups excluding carboxylic acids is 1. The molecule has 0 aromatic heterocycles. The van der Waals surface area contributed by atoms with Crippen molar-refractivity contribution in [1.29, 1.82) is 0 Å². The minimum Gasteiger partial charge on any atom is -0.497 e. The van der Waals surface area contributed by atoms with Gasteiger partial charge in [-0.25, -0.2) is 0 Å². The van der Waals surface area contributed by atoms with Gasteiger partial charge in [-0.05, 0) is 47.2 Å². The first-order chi connectivity index (χ1) is 10.7. The second-order valence-electron chi connectivity index (χ2n) is 5.85. The molecule has 3 rings (SSSR count). The number of nitrogens with one attached hydrogen (secondary N) is 1. The van der Waals surface area contributed by atoms with Crippen LogP contribution in [0.3, 0.4) is 0 Å². The summed E-state index contributed by atoms with van der Waals surface area (Å²) >= 11 is 0. The molecule has 0 radical (unpaired) electrons. The summed E-state index contributed by atoms with van der Waals surface area (Å²) in [5.74, 6) is 1.16. The van der Waals surface area contributed by atoms with Gasteiger partial charge in [-0.2, -0.15) is 0 Å². The van der Waals surface area contributed by atoms with E-state index in [-0.39, 0.29) is 11.8 Å². The summed E-state index contributed by atoms with van der Waals surface area (Å²) in [7, 11) is 1.69. The lowest BCUT2D eigenvalue weighted by Gasteiger charge is -2.19. The maximum Gasteiger partial charge on any atom is 0.216 e. The highest BCUT2D eigenvalue weighted by atomic mass is 16.5. The van der Waals surface area contributed by atoms with Gasteiger partial charge in [0.25, 0.3) is 0 Å². The van der Waals surface area contributed by atoms with E-state index in [9.17, 15) is 4.79 Å². The topological polar surface area (TPSA) is 38.3 Å². The Hall–Kier alpha value is -2.29. The molecule has 1 atom stereocenters. The van der Waals surface area contributed by atoms with Gasteiger partial charge in [-0.1, -0.05) is 30.3 Å². The Balaban J connectivity index is 2.02. The minimum absolute atomic E-state index is 0.0157. The first-order valence-corrected chi connectivity index (χ1v) is 7.65. The third-order valence-corrected chi connectivity index (χ3v) is 4.36. The van der Waals surface area contributed by atoms with Crippen LogP contribution >= 0.6 is 0 Å². The van der Waals surface area contributed by atoms with E-state index in [0.29, 0.717) is 6.54 Å². The Bertz CT molecular complexity index is 694. The number of benzene rings is 2. The van der Waals surface area contributed by atoms with E-state index < -0.39 is 0 Å². The van der Waals surface area contributed by atoms with Crippen LogP contribution in [0.15, 0.2) is 42.5 Å². The Labute approximate surface area is 131 Å². The second kappa shape index (κ2) is 6.22. The van der Waals surface area contributed by atoms with E-state index in [1.165, 1.54) is 22.3 Å². The summed E-state index contributed by atoms with van der Waals surface area (Å²) < 4.78 is 5.38. The third-order valence-electron chi connectivity index (χ3n) is 4.36. The summed E-state index contributed by atoms with van der Waals surface area (Å²) in [6.45, 7) is 2.22. The average molecular weight is 295 g/mol. The number of fused-ring (bicyclic) bond motifs is 2. The van der Waals surface area contributed by atoms with Gasteiger partial charge >= 0.3 is 0 Å². The van der Waals surface area contributed by atoms with Gasteiger partial charge in [0.05, 0.1) is 7.11 Å². The molecule has 2 aromatic carbocycles. The van der Waals surface area contributed by atoms with E-state index in [1.807, 2.05) is 6.07 Å². The van der Waals surface area contributed by atoms with Crippen LogP contribution in [-0.2, 0) is 17.6 Å². The zero-order valence-corrected chi connectivity index (χ0v) is 13.1. The van der Waals surface area contributed by atoms with Gasteiger partial charge in [0.1, 0.15) is 5.75 Å². The zero-order chi connectivity index (χ0) is 15.5. The second-order valence-corrected chi connectivity index (χ2v) is 5.85. The first kappa shape index (κ1) is 14.6. The molecule has 0 heterocycles. The average Bonchev–Trinajstić information content (AvgIpc) is 2.68. The largest absolute Gasteiger partial charge is 0.497 e. The SMILES string of the molecule is COc1ccc2c(c1)[C@@H](CNC(C)=O)Cc1ccccc1C2. The molecule has 114 valence electrons. The molecule has 3 heteroatoms. The summed E-state index contributed by atoms with van der Waals surface area (Å²) in [6.07, 6.45) is 1.88. The number of methoxy groups -OCH3 is 1. The highest BCUT2D eigenvalue weighted by molar-refractivity contribution is 5.72. The molecule has 22 heavy (non-hydrogen) atoms. The normalized spacial score (nSPS) is 16.2. The maximum absolute atomic E-state index is 11.3. The number of hydrogen-bond acceptors (Lipinski definition) is 2. The number of hydrogen-bond donors (Lipinski definition) is 1. The van der Waals surface area contributed by atoms with Crippen LogP contribution < -0.4 is 10.1 Å². The molecule has 0 bridgehead atoms. The predicted molar refractivity (Wildman–Crippen MR) is 87.4 cm³/mol. The van der Waals surface area contributed by atoms with Crippen molar-refractivity contribution >= 4 is 5.91 Å². The van der Waals surface area contributed by atoms with Gasteiger partial charge in [-0.15, -0.1) is 0 Å². The fraction of sp³-hybridized carbons (Fsp3) is 0.316. The molecule has 0 fully saturated rings. The molecule has 1 N–H and O–H groups in total.